The number of nitrogens with zero attached hydrogens (tertiary/aromatic N) is 3. The molecule has 0 saturated carbocycles. The number of esters is 1. The zero-order valence-corrected chi connectivity index (χ0v) is 16.3. The Balaban J connectivity index is 2.01. The van der Waals surface area contributed by atoms with Gasteiger partial charge in [0, 0.05) is 31.2 Å². The monoisotopic (exact) mass is 372 g/mol. The average Bonchev–Trinajstić information content (AvgIpc) is 3.11. The molecule has 2 aromatic rings. The van der Waals surface area contributed by atoms with Crippen molar-refractivity contribution in [2.75, 3.05) is 13.7 Å². The van der Waals surface area contributed by atoms with Crippen molar-refractivity contribution in [3.8, 4) is 0 Å². The second-order valence-corrected chi connectivity index (χ2v) is 6.92. The van der Waals surface area contributed by atoms with E-state index in [0.717, 1.165) is 5.69 Å². The highest BCUT2D eigenvalue weighted by Gasteiger charge is 2.41. The van der Waals surface area contributed by atoms with Gasteiger partial charge in [-0.25, -0.2) is 0 Å². The largest absolute Gasteiger partial charge is 0.469 e. The summed E-state index contributed by atoms with van der Waals surface area (Å²) in [6.45, 7) is 4.70. The first-order valence-corrected chi connectivity index (χ1v) is 9.02. The molecule has 2 atom stereocenters. The lowest BCUT2D eigenvalue weighted by Gasteiger charge is -2.27. The summed E-state index contributed by atoms with van der Waals surface area (Å²) in [6, 6.07) is 7.98. The van der Waals surface area contributed by atoms with Gasteiger partial charge in [-0.2, -0.15) is 0 Å². The molecular weight excluding hydrogens is 348 g/mol. The molecule has 0 amide bonds. The molecule has 26 heavy (non-hydrogen) atoms. The summed E-state index contributed by atoms with van der Waals surface area (Å²) in [5.41, 5.74) is 4.49. The summed E-state index contributed by atoms with van der Waals surface area (Å²) < 4.78 is 6.97. The minimum absolute atomic E-state index is 0.0260. The number of aryl methyl sites for hydroxylation is 1. The molecule has 1 saturated heterocycles. The molecule has 0 spiro atoms. The van der Waals surface area contributed by atoms with Crippen LogP contribution in [0.3, 0.4) is 0 Å². The van der Waals surface area contributed by atoms with E-state index in [1.165, 1.54) is 24.1 Å². The van der Waals surface area contributed by atoms with Gasteiger partial charge >= 0.3 is 5.97 Å². The minimum atomic E-state index is -0.242. The molecule has 1 fully saturated rings. The molecule has 1 aliphatic heterocycles. The van der Waals surface area contributed by atoms with Crippen LogP contribution in [0.4, 0.5) is 0 Å². The Morgan fingerprint density at radius 3 is 2.73 bits per heavy atom. The lowest BCUT2D eigenvalue weighted by molar-refractivity contribution is -0.140. The summed E-state index contributed by atoms with van der Waals surface area (Å²) >= 11 is 5.59. The number of methoxy groups -OCH3 is 1. The van der Waals surface area contributed by atoms with Crippen molar-refractivity contribution in [2.45, 2.75) is 32.4 Å². The smallest absolute Gasteiger partial charge is 0.307 e. The summed E-state index contributed by atoms with van der Waals surface area (Å²) in [6.07, 6.45) is 2.08. The molecule has 7 heteroatoms. The summed E-state index contributed by atoms with van der Waals surface area (Å²) in [7, 11) is 3.46. The van der Waals surface area contributed by atoms with Crippen LogP contribution in [-0.2, 0) is 16.6 Å². The van der Waals surface area contributed by atoms with Gasteiger partial charge in [0.15, 0.2) is 5.11 Å². The SMILES string of the molecule is COC(=O)CCN1C(=S)N[C@H](c2ccccn2)[C@@H]1c1cc(C)n(C)c1C. The Kier molecular flexibility index (Phi) is 5.27. The van der Waals surface area contributed by atoms with Crippen LogP contribution in [0.25, 0.3) is 0 Å². The number of aromatic nitrogens is 2. The van der Waals surface area contributed by atoms with Crippen molar-refractivity contribution in [1.29, 1.82) is 0 Å². The lowest BCUT2D eigenvalue weighted by Crippen LogP contribution is -2.32. The van der Waals surface area contributed by atoms with Gasteiger partial charge in [0.2, 0.25) is 0 Å². The highest BCUT2D eigenvalue weighted by atomic mass is 32.1. The van der Waals surface area contributed by atoms with Crippen LogP contribution in [0.15, 0.2) is 30.5 Å². The molecule has 1 N–H and O–H groups in total. The Bertz CT molecular complexity index is 818. The predicted molar refractivity (Wildman–Crippen MR) is 104 cm³/mol. The molecule has 0 radical (unpaired) electrons. The molecule has 1 aliphatic rings. The normalized spacial score (nSPS) is 19.5. The molecule has 6 nitrogen and oxygen atoms in total. The van der Waals surface area contributed by atoms with Gasteiger partial charge in [-0.1, -0.05) is 6.07 Å². The number of carbonyl (C=O) groups is 1. The van der Waals surface area contributed by atoms with E-state index in [0.29, 0.717) is 11.7 Å². The van der Waals surface area contributed by atoms with Crippen molar-refractivity contribution in [3.05, 3.63) is 53.1 Å². The maximum atomic E-state index is 11.7. The standard InChI is InChI=1S/C19H24N4O2S/c1-12-11-14(13(2)22(12)3)18-17(15-7-5-6-9-20-15)21-19(26)23(18)10-8-16(24)25-4/h5-7,9,11,17-18H,8,10H2,1-4H3,(H,21,26)/t17-,18+/m1/s1. The number of pyridine rings is 1. The topological polar surface area (TPSA) is 59.4 Å². The maximum absolute atomic E-state index is 11.7. The number of ether oxygens (including phenoxy) is 1. The maximum Gasteiger partial charge on any atom is 0.307 e. The number of rotatable bonds is 5. The summed E-state index contributed by atoms with van der Waals surface area (Å²) in [5, 5.41) is 4.03. The van der Waals surface area contributed by atoms with E-state index in [1.54, 1.807) is 6.20 Å². The van der Waals surface area contributed by atoms with Gasteiger partial charge in [-0.3, -0.25) is 9.78 Å². The highest BCUT2D eigenvalue weighted by molar-refractivity contribution is 7.80. The van der Waals surface area contributed by atoms with Crippen molar-refractivity contribution >= 4 is 23.3 Å². The number of carbonyl (C=O) groups excluding carboxylic acids is 1. The van der Waals surface area contributed by atoms with Crippen molar-refractivity contribution < 1.29 is 9.53 Å². The van der Waals surface area contributed by atoms with Crippen LogP contribution in [0.5, 0.6) is 0 Å². The molecular formula is C19H24N4O2S. The van der Waals surface area contributed by atoms with Crippen molar-refractivity contribution in [3.63, 3.8) is 0 Å². The third kappa shape index (κ3) is 3.31. The quantitative estimate of drug-likeness (QED) is 0.643. The Morgan fingerprint density at radius 1 is 1.38 bits per heavy atom. The van der Waals surface area contributed by atoms with Crippen LogP contribution < -0.4 is 5.32 Å². The number of hydrogen-bond acceptors (Lipinski definition) is 4. The van der Waals surface area contributed by atoms with Gasteiger partial charge < -0.3 is 19.5 Å². The zero-order chi connectivity index (χ0) is 18.8. The van der Waals surface area contributed by atoms with Gasteiger partial charge in [0.05, 0.1) is 31.3 Å². The van der Waals surface area contributed by atoms with Crippen LogP contribution in [-0.4, -0.2) is 39.2 Å². The van der Waals surface area contributed by atoms with E-state index in [9.17, 15) is 4.79 Å². The first kappa shape index (κ1) is 18.4. The second-order valence-electron chi connectivity index (χ2n) is 6.53. The van der Waals surface area contributed by atoms with Gasteiger partial charge in [0.1, 0.15) is 0 Å². The summed E-state index contributed by atoms with van der Waals surface area (Å²) in [4.78, 5) is 18.3. The van der Waals surface area contributed by atoms with E-state index in [1.807, 2.05) is 18.2 Å². The van der Waals surface area contributed by atoms with Gasteiger partial charge in [0.25, 0.3) is 0 Å². The van der Waals surface area contributed by atoms with Gasteiger partial charge in [-0.05, 0) is 49.8 Å². The zero-order valence-electron chi connectivity index (χ0n) is 15.5. The molecule has 0 unspecified atom stereocenters. The van der Waals surface area contributed by atoms with E-state index in [2.05, 4.69) is 46.7 Å². The Morgan fingerprint density at radius 2 is 2.15 bits per heavy atom. The molecule has 3 heterocycles. The second kappa shape index (κ2) is 7.45. The lowest BCUT2D eigenvalue weighted by atomic mass is 9.96. The fourth-order valence-corrected chi connectivity index (χ4v) is 3.81. The third-order valence-electron chi connectivity index (χ3n) is 5.12. The van der Waals surface area contributed by atoms with Crippen LogP contribution in [0.2, 0.25) is 0 Å². The molecule has 2 aromatic heterocycles. The predicted octanol–water partition coefficient (Wildman–Crippen LogP) is 2.57. The first-order chi connectivity index (χ1) is 12.4. The molecule has 0 bridgehead atoms. The van der Waals surface area contributed by atoms with Crippen LogP contribution >= 0.6 is 12.2 Å². The fourth-order valence-electron chi connectivity index (χ4n) is 3.48. The van der Waals surface area contributed by atoms with E-state index < -0.39 is 0 Å². The minimum Gasteiger partial charge on any atom is -0.469 e. The fraction of sp³-hybridized carbons (Fsp3) is 0.421. The van der Waals surface area contributed by atoms with Crippen LogP contribution in [0.1, 0.15) is 41.1 Å². The van der Waals surface area contributed by atoms with E-state index in [4.69, 9.17) is 17.0 Å². The third-order valence-corrected chi connectivity index (χ3v) is 5.47. The first-order valence-electron chi connectivity index (χ1n) is 8.61. The molecule has 138 valence electrons. The molecule has 3 rings (SSSR count). The summed E-state index contributed by atoms with van der Waals surface area (Å²) in [5.74, 6) is -0.242. The van der Waals surface area contributed by atoms with Crippen LogP contribution in [0, 0.1) is 13.8 Å². The van der Waals surface area contributed by atoms with Crippen molar-refractivity contribution in [2.24, 2.45) is 7.05 Å². The molecule has 0 aliphatic carbocycles. The van der Waals surface area contributed by atoms with E-state index in [-0.39, 0.29) is 24.5 Å². The highest BCUT2D eigenvalue weighted by Crippen LogP contribution is 2.40. The number of thiocarbonyl (C=S) groups is 1. The molecule has 0 aromatic carbocycles. The average molecular weight is 372 g/mol. The van der Waals surface area contributed by atoms with Gasteiger partial charge in [-0.15, -0.1) is 0 Å². The van der Waals surface area contributed by atoms with E-state index >= 15 is 0 Å². The Hall–Kier alpha value is -2.41. The van der Waals surface area contributed by atoms with Crippen molar-refractivity contribution in [1.82, 2.24) is 19.8 Å². The Labute approximate surface area is 159 Å². The number of hydrogen-bond donors (Lipinski definition) is 1. The number of nitrogens with one attached hydrogen (secondary N) is 1.